The number of hydrogen-bond donors (Lipinski definition) is 1. The topological polar surface area (TPSA) is 76.5 Å². The summed E-state index contributed by atoms with van der Waals surface area (Å²) < 4.78 is 6.99. The fourth-order valence-corrected chi connectivity index (χ4v) is 3.68. The highest BCUT2D eigenvalue weighted by Gasteiger charge is 2.23. The van der Waals surface area contributed by atoms with Crippen LogP contribution >= 0.6 is 0 Å². The lowest BCUT2D eigenvalue weighted by Crippen LogP contribution is -2.39. The van der Waals surface area contributed by atoms with Crippen LogP contribution in [0.2, 0.25) is 0 Å². The standard InChI is InChI=1S/C28H36N4O3/c1-6-7-11-18-31(27(34)21-12-9-8-10-13-21)20-26(33)29-25-19-24(28(2,3)4)30-32(25)22-14-16-23(35-5)17-15-22/h8-10,12-17,19H,6-7,11,18,20H2,1-5H3,(H,29,33). The first-order valence-electron chi connectivity index (χ1n) is 12.1. The van der Waals surface area contributed by atoms with Gasteiger partial charge in [0, 0.05) is 23.6 Å². The second-order valence-corrected chi connectivity index (χ2v) is 9.62. The average Bonchev–Trinajstić information content (AvgIpc) is 3.28. The van der Waals surface area contributed by atoms with Gasteiger partial charge in [-0.05, 0) is 42.8 Å². The Morgan fingerprint density at radius 2 is 1.71 bits per heavy atom. The summed E-state index contributed by atoms with van der Waals surface area (Å²) in [6.45, 7) is 8.84. The van der Waals surface area contributed by atoms with E-state index in [1.165, 1.54) is 0 Å². The number of methoxy groups -OCH3 is 1. The number of amides is 2. The number of ether oxygens (including phenoxy) is 1. The Bertz CT molecular complexity index is 1120. The SMILES string of the molecule is CCCCCN(CC(=O)Nc1cc(C(C)(C)C)nn1-c1ccc(OC)cc1)C(=O)c1ccccc1. The van der Waals surface area contributed by atoms with E-state index >= 15 is 0 Å². The van der Waals surface area contributed by atoms with E-state index in [0.29, 0.717) is 17.9 Å². The Labute approximate surface area is 208 Å². The highest BCUT2D eigenvalue weighted by molar-refractivity contribution is 5.99. The molecule has 7 heteroatoms. The van der Waals surface area contributed by atoms with Gasteiger partial charge in [-0.1, -0.05) is 58.7 Å². The van der Waals surface area contributed by atoms with Gasteiger partial charge in [-0.25, -0.2) is 4.68 Å². The van der Waals surface area contributed by atoms with Crippen LogP contribution in [0.15, 0.2) is 60.7 Å². The van der Waals surface area contributed by atoms with Crippen molar-refractivity contribution >= 4 is 17.6 Å². The number of nitrogens with zero attached hydrogens (tertiary/aromatic N) is 3. The van der Waals surface area contributed by atoms with Crippen molar-refractivity contribution in [1.29, 1.82) is 0 Å². The third kappa shape index (κ3) is 6.94. The molecule has 7 nitrogen and oxygen atoms in total. The average molecular weight is 477 g/mol. The van der Waals surface area contributed by atoms with Gasteiger partial charge in [-0.2, -0.15) is 5.10 Å². The zero-order valence-corrected chi connectivity index (χ0v) is 21.4. The molecule has 186 valence electrons. The first kappa shape index (κ1) is 26.0. The minimum atomic E-state index is -0.263. The predicted molar refractivity (Wildman–Crippen MR) is 139 cm³/mol. The normalized spacial score (nSPS) is 11.2. The van der Waals surface area contributed by atoms with E-state index in [9.17, 15) is 9.59 Å². The van der Waals surface area contributed by atoms with E-state index in [0.717, 1.165) is 36.4 Å². The molecule has 0 unspecified atom stereocenters. The zero-order chi connectivity index (χ0) is 25.4. The van der Waals surface area contributed by atoms with Gasteiger partial charge in [0.1, 0.15) is 18.1 Å². The highest BCUT2D eigenvalue weighted by atomic mass is 16.5. The predicted octanol–water partition coefficient (Wildman–Crippen LogP) is 5.45. The lowest BCUT2D eigenvalue weighted by molar-refractivity contribution is -0.117. The Hall–Kier alpha value is -3.61. The number of rotatable bonds is 10. The fourth-order valence-electron chi connectivity index (χ4n) is 3.68. The maximum atomic E-state index is 13.2. The molecule has 0 bridgehead atoms. The van der Waals surface area contributed by atoms with Gasteiger partial charge >= 0.3 is 0 Å². The number of carbonyl (C=O) groups excluding carboxylic acids is 2. The van der Waals surface area contributed by atoms with Gasteiger partial charge in [0.15, 0.2) is 0 Å². The number of nitrogens with one attached hydrogen (secondary N) is 1. The smallest absolute Gasteiger partial charge is 0.254 e. The van der Waals surface area contributed by atoms with Crippen molar-refractivity contribution in [3.8, 4) is 11.4 Å². The molecule has 3 rings (SSSR count). The summed E-state index contributed by atoms with van der Waals surface area (Å²) >= 11 is 0. The number of benzene rings is 2. The third-order valence-corrected chi connectivity index (χ3v) is 5.74. The molecule has 0 fully saturated rings. The minimum Gasteiger partial charge on any atom is -0.497 e. The fraction of sp³-hybridized carbons (Fsp3) is 0.393. The van der Waals surface area contributed by atoms with E-state index in [4.69, 9.17) is 9.84 Å². The maximum absolute atomic E-state index is 13.2. The van der Waals surface area contributed by atoms with Crippen molar-refractivity contribution in [3.05, 3.63) is 71.9 Å². The summed E-state index contributed by atoms with van der Waals surface area (Å²) in [5.41, 5.74) is 2.03. The van der Waals surface area contributed by atoms with Crippen LogP contribution in [0.25, 0.3) is 5.69 Å². The third-order valence-electron chi connectivity index (χ3n) is 5.74. The molecule has 0 aliphatic rings. The molecule has 0 aliphatic carbocycles. The van der Waals surface area contributed by atoms with Crippen LogP contribution < -0.4 is 10.1 Å². The van der Waals surface area contributed by atoms with Crippen LogP contribution in [0.4, 0.5) is 5.82 Å². The van der Waals surface area contributed by atoms with Gasteiger partial charge in [-0.3, -0.25) is 9.59 Å². The van der Waals surface area contributed by atoms with Crippen LogP contribution in [-0.4, -0.2) is 46.7 Å². The Morgan fingerprint density at radius 1 is 1.03 bits per heavy atom. The lowest BCUT2D eigenvalue weighted by atomic mass is 9.92. The summed E-state index contributed by atoms with van der Waals surface area (Å²) in [5, 5.41) is 7.76. The van der Waals surface area contributed by atoms with Crippen molar-refractivity contribution in [2.45, 2.75) is 52.4 Å². The molecule has 3 aromatic rings. The Kier molecular flexibility index (Phi) is 8.68. The second-order valence-electron chi connectivity index (χ2n) is 9.62. The van der Waals surface area contributed by atoms with Crippen LogP contribution in [-0.2, 0) is 10.2 Å². The molecule has 2 aromatic carbocycles. The van der Waals surface area contributed by atoms with E-state index in [-0.39, 0.29) is 23.8 Å². The van der Waals surface area contributed by atoms with Crippen LogP contribution in [0.1, 0.15) is 63.0 Å². The molecule has 0 radical (unpaired) electrons. The van der Waals surface area contributed by atoms with Gasteiger partial charge in [0.2, 0.25) is 5.91 Å². The molecular formula is C28H36N4O3. The van der Waals surface area contributed by atoms with Crippen molar-refractivity contribution in [2.75, 3.05) is 25.5 Å². The van der Waals surface area contributed by atoms with Gasteiger partial charge in [0.25, 0.3) is 5.91 Å². The van der Waals surface area contributed by atoms with Gasteiger partial charge in [-0.15, -0.1) is 0 Å². The van der Waals surface area contributed by atoms with Gasteiger partial charge < -0.3 is 15.0 Å². The number of aromatic nitrogens is 2. The van der Waals surface area contributed by atoms with E-state index in [1.54, 1.807) is 28.8 Å². The highest BCUT2D eigenvalue weighted by Crippen LogP contribution is 2.27. The molecule has 0 saturated carbocycles. The van der Waals surface area contributed by atoms with Gasteiger partial charge in [0.05, 0.1) is 18.5 Å². The van der Waals surface area contributed by atoms with Crippen LogP contribution in [0.3, 0.4) is 0 Å². The molecule has 0 spiro atoms. The van der Waals surface area contributed by atoms with Crippen molar-refractivity contribution in [2.24, 2.45) is 0 Å². The van der Waals surface area contributed by atoms with E-state index in [1.807, 2.05) is 48.5 Å². The summed E-state index contributed by atoms with van der Waals surface area (Å²) in [5.74, 6) is 0.896. The van der Waals surface area contributed by atoms with Crippen molar-refractivity contribution in [1.82, 2.24) is 14.7 Å². The first-order valence-corrected chi connectivity index (χ1v) is 12.1. The lowest BCUT2D eigenvalue weighted by Gasteiger charge is -2.22. The van der Waals surface area contributed by atoms with E-state index < -0.39 is 0 Å². The maximum Gasteiger partial charge on any atom is 0.254 e. The number of hydrogen-bond acceptors (Lipinski definition) is 4. The first-order chi connectivity index (χ1) is 16.7. The number of unbranched alkanes of at least 4 members (excludes halogenated alkanes) is 2. The summed E-state index contributed by atoms with van der Waals surface area (Å²) in [6.07, 6.45) is 2.88. The van der Waals surface area contributed by atoms with Crippen LogP contribution in [0.5, 0.6) is 5.75 Å². The second kappa shape index (κ2) is 11.7. The Balaban J connectivity index is 1.84. The molecule has 1 N–H and O–H groups in total. The zero-order valence-electron chi connectivity index (χ0n) is 21.4. The largest absolute Gasteiger partial charge is 0.497 e. The summed E-state index contributed by atoms with van der Waals surface area (Å²) in [4.78, 5) is 27.9. The van der Waals surface area contributed by atoms with Crippen LogP contribution in [0, 0.1) is 0 Å². The monoisotopic (exact) mass is 476 g/mol. The number of carbonyl (C=O) groups is 2. The molecule has 2 amide bonds. The molecule has 0 aliphatic heterocycles. The molecule has 35 heavy (non-hydrogen) atoms. The minimum absolute atomic E-state index is 0.0317. The summed E-state index contributed by atoms with van der Waals surface area (Å²) in [7, 11) is 1.62. The van der Waals surface area contributed by atoms with Crippen molar-refractivity contribution in [3.63, 3.8) is 0 Å². The Morgan fingerprint density at radius 3 is 2.31 bits per heavy atom. The molecule has 1 heterocycles. The molecular weight excluding hydrogens is 440 g/mol. The molecule has 0 atom stereocenters. The number of anilines is 1. The van der Waals surface area contributed by atoms with E-state index in [2.05, 4.69) is 33.0 Å². The van der Waals surface area contributed by atoms with Crippen molar-refractivity contribution < 1.29 is 14.3 Å². The molecule has 0 saturated heterocycles. The summed E-state index contributed by atoms with van der Waals surface area (Å²) in [6, 6.07) is 18.5. The quantitative estimate of drug-likeness (QED) is 0.395. The molecule has 1 aromatic heterocycles.